The maximum Gasteiger partial charge on any atom is 0.310 e. The average molecular weight is 336 g/mol. The number of hydrogen-bond donors (Lipinski definition) is 2. The van der Waals surface area contributed by atoms with Gasteiger partial charge in [-0.15, -0.1) is 0 Å². The molecule has 0 amide bonds. The Morgan fingerprint density at radius 1 is 1.25 bits per heavy atom. The molecule has 20 heavy (non-hydrogen) atoms. The van der Waals surface area contributed by atoms with E-state index in [1.54, 1.807) is 0 Å². The third-order valence-electron chi connectivity index (χ3n) is 2.91. The van der Waals surface area contributed by atoms with Crippen molar-refractivity contribution in [1.82, 2.24) is 4.72 Å². The van der Waals surface area contributed by atoms with Crippen LogP contribution in [0.5, 0.6) is 0 Å². The van der Waals surface area contributed by atoms with Crippen LogP contribution >= 0.6 is 23.2 Å². The van der Waals surface area contributed by atoms with Crippen LogP contribution in [0, 0.1) is 5.92 Å². The van der Waals surface area contributed by atoms with Gasteiger partial charge in [-0.2, -0.15) is 0 Å². The normalized spacial score (nSPS) is 22.1. The lowest BCUT2D eigenvalue weighted by atomic mass is 10.1. The maximum absolute atomic E-state index is 12.1. The number of halogens is 2. The zero-order valence-corrected chi connectivity index (χ0v) is 12.4. The van der Waals surface area contributed by atoms with Crippen molar-refractivity contribution < 1.29 is 18.3 Å². The largest absolute Gasteiger partial charge is 0.481 e. The molecular formula is C12H11Cl2NO4S. The van der Waals surface area contributed by atoms with Gasteiger partial charge in [-0.1, -0.05) is 35.4 Å². The van der Waals surface area contributed by atoms with Gasteiger partial charge < -0.3 is 5.11 Å². The van der Waals surface area contributed by atoms with E-state index < -0.39 is 28.0 Å². The molecule has 2 N–H and O–H groups in total. The minimum atomic E-state index is -3.77. The molecular weight excluding hydrogens is 325 g/mol. The van der Waals surface area contributed by atoms with Crippen LogP contribution in [-0.2, 0) is 14.8 Å². The molecule has 2 unspecified atom stereocenters. The van der Waals surface area contributed by atoms with Gasteiger partial charge in [-0.05, 0) is 24.6 Å². The number of hydrogen-bond acceptors (Lipinski definition) is 3. The minimum absolute atomic E-state index is 0.0147. The summed E-state index contributed by atoms with van der Waals surface area (Å²) in [4.78, 5) is 10.8. The van der Waals surface area contributed by atoms with Gasteiger partial charge in [0, 0.05) is 6.04 Å². The molecule has 0 bridgehead atoms. The number of aliphatic carboxylic acids is 1. The second-order valence-corrected chi connectivity index (χ2v) is 6.90. The molecule has 1 aliphatic rings. The lowest BCUT2D eigenvalue weighted by Crippen LogP contribution is -2.33. The number of benzene rings is 1. The first-order valence-corrected chi connectivity index (χ1v) is 7.92. The Morgan fingerprint density at radius 2 is 1.95 bits per heavy atom. The fourth-order valence-electron chi connectivity index (χ4n) is 1.88. The molecule has 2 atom stereocenters. The summed E-state index contributed by atoms with van der Waals surface area (Å²) in [6.45, 7) is 0. The summed E-state index contributed by atoms with van der Waals surface area (Å²) in [6, 6.07) is 3.43. The number of carboxylic acids is 1. The molecule has 108 valence electrons. The van der Waals surface area contributed by atoms with Crippen molar-refractivity contribution >= 4 is 39.2 Å². The van der Waals surface area contributed by atoms with E-state index in [1.807, 2.05) is 0 Å². The van der Waals surface area contributed by atoms with Gasteiger partial charge in [0.1, 0.15) is 0 Å². The molecule has 0 radical (unpaired) electrons. The van der Waals surface area contributed by atoms with Crippen molar-refractivity contribution in [3.05, 3.63) is 40.4 Å². The Morgan fingerprint density at radius 3 is 2.50 bits per heavy atom. The number of carbonyl (C=O) groups is 1. The van der Waals surface area contributed by atoms with E-state index in [0.29, 0.717) is 0 Å². The van der Waals surface area contributed by atoms with Crippen molar-refractivity contribution in [2.24, 2.45) is 5.92 Å². The van der Waals surface area contributed by atoms with Gasteiger partial charge in [0.05, 0.1) is 20.9 Å². The molecule has 1 aromatic carbocycles. The van der Waals surface area contributed by atoms with Crippen LogP contribution in [0.1, 0.15) is 6.42 Å². The Labute approximate surface area is 126 Å². The highest BCUT2D eigenvalue weighted by Gasteiger charge is 2.28. The first-order chi connectivity index (χ1) is 9.29. The van der Waals surface area contributed by atoms with E-state index in [2.05, 4.69) is 4.72 Å². The van der Waals surface area contributed by atoms with Crippen LogP contribution in [0.3, 0.4) is 0 Å². The predicted octanol–water partition coefficient (Wildman–Crippen LogP) is 2.30. The molecule has 0 saturated heterocycles. The van der Waals surface area contributed by atoms with E-state index in [9.17, 15) is 13.2 Å². The second-order valence-electron chi connectivity index (χ2n) is 4.37. The lowest BCUT2D eigenvalue weighted by molar-refractivity contribution is -0.140. The molecule has 0 fully saturated rings. The summed E-state index contributed by atoms with van der Waals surface area (Å²) >= 11 is 11.5. The van der Waals surface area contributed by atoms with Gasteiger partial charge >= 0.3 is 5.97 Å². The predicted molar refractivity (Wildman–Crippen MR) is 75.5 cm³/mol. The van der Waals surface area contributed by atoms with Crippen LogP contribution in [0.2, 0.25) is 10.0 Å². The average Bonchev–Trinajstić information content (AvgIpc) is 2.80. The highest BCUT2D eigenvalue weighted by Crippen LogP contribution is 2.26. The molecule has 0 saturated carbocycles. The SMILES string of the molecule is O=C(O)C1C=CC(NS(=O)(=O)c2ccc(Cl)c(Cl)c2)C1. The Hall–Kier alpha value is -1.08. The minimum Gasteiger partial charge on any atom is -0.481 e. The van der Waals surface area contributed by atoms with Crippen molar-refractivity contribution in [2.75, 3.05) is 0 Å². The first kappa shape index (κ1) is 15.3. The van der Waals surface area contributed by atoms with E-state index in [0.717, 1.165) is 0 Å². The zero-order valence-electron chi connectivity index (χ0n) is 10.1. The van der Waals surface area contributed by atoms with Crippen LogP contribution < -0.4 is 4.72 Å². The van der Waals surface area contributed by atoms with E-state index in [1.165, 1.54) is 30.4 Å². The number of rotatable bonds is 4. The summed E-state index contributed by atoms with van der Waals surface area (Å²) in [5.74, 6) is -1.64. The Balaban J connectivity index is 2.14. The third kappa shape index (κ3) is 3.32. The quantitative estimate of drug-likeness (QED) is 0.827. The van der Waals surface area contributed by atoms with Gasteiger partial charge in [0.15, 0.2) is 0 Å². The molecule has 8 heteroatoms. The van der Waals surface area contributed by atoms with Gasteiger partial charge in [0.25, 0.3) is 0 Å². The Kier molecular flexibility index (Phi) is 4.39. The van der Waals surface area contributed by atoms with Crippen LogP contribution in [-0.4, -0.2) is 25.5 Å². The number of nitrogens with one attached hydrogen (secondary N) is 1. The van der Waals surface area contributed by atoms with Crippen molar-refractivity contribution in [3.8, 4) is 0 Å². The zero-order chi connectivity index (χ0) is 14.9. The topological polar surface area (TPSA) is 83.5 Å². The molecule has 0 aliphatic heterocycles. The summed E-state index contributed by atoms with van der Waals surface area (Å²) in [7, 11) is -3.77. The first-order valence-electron chi connectivity index (χ1n) is 5.68. The van der Waals surface area contributed by atoms with E-state index in [-0.39, 0.29) is 21.4 Å². The Bertz CT molecular complexity index is 672. The summed E-state index contributed by atoms with van der Waals surface area (Å²) < 4.78 is 26.7. The summed E-state index contributed by atoms with van der Waals surface area (Å²) in [5.41, 5.74) is 0. The lowest BCUT2D eigenvalue weighted by Gasteiger charge is -2.13. The summed E-state index contributed by atoms with van der Waals surface area (Å²) in [6.07, 6.45) is 3.20. The number of sulfonamides is 1. The van der Waals surface area contributed by atoms with Crippen molar-refractivity contribution in [2.45, 2.75) is 17.4 Å². The smallest absolute Gasteiger partial charge is 0.310 e. The molecule has 2 rings (SSSR count). The van der Waals surface area contributed by atoms with Crippen molar-refractivity contribution in [1.29, 1.82) is 0 Å². The van der Waals surface area contributed by atoms with Gasteiger partial charge in [-0.25, -0.2) is 13.1 Å². The van der Waals surface area contributed by atoms with E-state index >= 15 is 0 Å². The molecule has 1 aliphatic carbocycles. The highest BCUT2D eigenvalue weighted by atomic mass is 35.5. The van der Waals surface area contributed by atoms with Crippen molar-refractivity contribution in [3.63, 3.8) is 0 Å². The highest BCUT2D eigenvalue weighted by molar-refractivity contribution is 7.89. The molecule has 1 aromatic rings. The van der Waals surface area contributed by atoms with Gasteiger partial charge in [0.2, 0.25) is 10.0 Å². The van der Waals surface area contributed by atoms with Crippen LogP contribution in [0.25, 0.3) is 0 Å². The standard InChI is InChI=1S/C12H11Cl2NO4S/c13-10-4-3-9(6-11(10)14)20(18,19)15-8-2-1-7(5-8)12(16)17/h1-4,6-8,15H,5H2,(H,16,17). The third-order valence-corrected chi connectivity index (χ3v) is 5.14. The fraction of sp³-hybridized carbons (Fsp3) is 0.250. The molecule has 5 nitrogen and oxygen atoms in total. The van der Waals surface area contributed by atoms with E-state index in [4.69, 9.17) is 28.3 Å². The van der Waals surface area contributed by atoms with Crippen LogP contribution in [0.15, 0.2) is 35.2 Å². The molecule has 0 aromatic heterocycles. The fourth-order valence-corrected chi connectivity index (χ4v) is 3.47. The molecule has 0 heterocycles. The molecule has 0 spiro atoms. The second kappa shape index (κ2) is 5.73. The summed E-state index contributed by atoms with van der Waals surface area (Å²) in [5, 5.41) is 9.25. The number of carboxylic acid groups (broad SMARTS) is 1. The van der Waals surface area contributed by atoms with Gasteiger partial charge in [-0.3, -0.25) is 4.79 Å². The van der Waals surface area contributed by atoms with Crippen LogP contribution in [0.4, 0.5) is 0 Å². The monoisotopic (exact) mass is 335 g/mol. The maximum atomic E-state index is 12.1.